The lowest BCUT2D eigenvalue weighted by Crippen LogP contribution is -2.46. The number of hydrogen-bond donors (Lipinski definition) is 0. The SMILES string of the molecule is COCc1nsc(N2CCN(c3ccc(C(F)(F)F)cn3)CC2)n1. The Labute approximate surface area is 141 Å². The van der Waals surface area contributed by atoms with E-state index < -0.39 is 11.7 Å². The summed E-state index contributed by atoms with van der Waals surface area (Å²) in [6.07, 6.45) is -3.48. The van der Waals surface area contributed by atoms with Gasteiger partial charge in [0, 0.05) is 51.0 Å². The van der Waals surface area contributed by atoms with Crippen LogP contribution >= 0.6 is 11.5 Å². The molecule has 130 valence electrons. The van der Waals surface area contributed by atoms with Crippen molar-refractivity contribution in [3.8, 4) is 0 Å². The van der Waals surface area contributed by atoms with Crippen molar-refractivity contribution in [3.05, 3.63) is 29.7 Å². The van der Waals surface area contributed by atoms with Gasteiger partial charge in [0.25, 0.3) is 0 Å². The predicted molar refractivity (Wildman–Crippen MR) is 84.3 cm³/mol. The van der Waals surface area contributed by atoms with Crippen LogP contribution in [0.15, 0.2) is 18.3 Å². The number of alkyl halides is 3. The fourth-order valence-electron chi connectivity index (χ4n) is 2.43. The lowest BCUT2D eigenvalue weighted by atomic mass is 10.2. The van der Waals surface area contributed by atoms with Gasteiger partial charge in [-0.2, -0.15) is 17.5 Å². The van der Waals surface area contributed by atoms with Crippen LogP contribution < -0.4 is 9.80 Å². The molecular weight excluding hydrogens is 343 g/mol. The molecule has 1 aliphatic rings. The summed E-state index contributed by atoms with van der Waals surface area (Å²) < 4.78 is 47.0. The molecule has 10 heteroatoms. The van der Waals surface area contributed by atoms with Gasteiger partial charge in [-0.25, -0.2) is 9.97 Å². The first kappa shape index (κ1) is 16.9. The molecule has 0 atom stereocenters. The lowest BCUT2D eigenvalue weighted by Gasteiger charge is -2.35. The van der Waals surface area contributed by atoms with E-state index in [-0.39, 0.29) is 0 Å². The molecule has 0 N–H and O–H groups in total. The fourth-order valence-corrected chi connectivity index (χ4v) is 3.15. The Bertz CT molecular complexity index is 668. The molecule has 0 bridgehead atoms. The van der Waals surface area contributed by atoms with Gasteiger partial charge >= 0.3 is 6.18 Å². The zero-order valence-electron chi connectivity index (χ0n) is 13.0. The van der Waals surface area contributed by atoms with Gasteiger partial charge in [0.2, 0.25) is 5.13 Å². The van der Waals surface area contributed by atoms with Gasteiger partial charge in [0.1, 0.15) is 12.4 Å². The minimum atomic E-state index is -4.36. The number of hydrogen-bond acceptors (Lipinski definition) is 7. The highest BCUT2D eigenvalue weighted by atomic mass is 32.1. The Balaban J connectivity index is 1.60. The first-order valence-electron chi connectivity index (χ1n) is 7.32. The van der Waals surface area contributed by atoms with Gasteiger partial charge in [-0.15, -0.1) is 0 Å². The molecule has 1 fully saturated rings. The van der Waals surface area contributed by atoms with E-state index in [1.807, 2.05) is 4.90 Å². The van der Waals surface area contributed by atoms with Crippen molar-refractivity contribution in [2.45, 2.75) is 12.8 Å². The smallest absolute Gasteiger partial charge is 0.377 e. The van der Waals surface area contributed by atoms with Gasteiger partial charge < -0.3 is 14.5 Å². The van der Waals surface area contributed by atoms with E-state index in [0.29, 0.717) is 44.4 Å². The zero-order valence-corrected chi connectivity index (χ0v) is 13.8. The Morgan fingerprint density at radius 2 is 1.88 bits per heavy atom. The van der Waals surface area contributed by atoms with Gasteiger partial charge in [-0.3, -0.25) is 0 Å². The van der Waals surface area contributed by atoms with E-state index in [0.717, 1.165) is 17.4 Å². The first-order valence-corrected chi connectivity index (χ1v) is 8.09. The fraction of sp³-hybridized carbons (Fsp3) is 0.500. The van der Waals surface area contributed by atoms with Crippen LogP contribution in [0.3, 0.4) is 0 Å². The van der Waals surface area contributed by atoms with Crippen LogP contribution in [0.1, 0.15) is 11.4 Å². The molecule has 0 radical (unpaired) electrons. The molecule has 0 aromatic carbocycles. The molecule has 0 saturated carbocycles. The molecule has 3 rings (SSSR count). The molecule has 0 unspecified atom stereocenters. The molecule has 6 nitrogen and oxygen atoms in total. The second kappa shape index (κ2) is 6.89. The number of methoxy groups -OCH3 is 1. The van der Waals surface area contributed by atoms with Crippen LogP contribution in [-0.2, 0) is 17.5 Å². The summed E-state index contributed by atoms with van der Waals surface area (Å²) in [5.41, 5.74) is -0.732. The zero-order chi connectivity index (χ0) is 17.2. The van der Waals surface area contributed by atoms with Gasteiger partial charge in [0.15, 0.2) is 5.82 Å². The Hall–Kier alpha value is -1.94. The Morgan fingerprint density at radius 1 is 1.17 bits per heavy atom. The average molecular weight is 359 g/mol. The topological polar surface area (TPSA) is 54.4 Å². The molecule has 0 amide bonds. The van der Waals surface area contributed by atoms with Crippen molar-refractivity contribution in [2.75, 3.05) is 43.1 Å². The Morgan fingerprint density at radius 3 is 2.46 bits per heavy atom. The number of pyridine rings is 1. The van der Waals surface area contributed by atoms with E-state index in [2.05, 4.69) is 19.2 Å². The largest absolute Gasteiger partial charge is 0.417 e. The standard InChI is InChI=1S/C14H16F3N5OS/c1-23-9-11-19-13(24-20-11)22-6-4-21(5-7-22)12-3-2-10(8-18-12)14(15,16)17/h2-3,8H,4-7,9H2,1H3. The van der Waals surface area contributed by atoms with Crippen molar-refractivity contribution in [3.63, 3.8) is 0 Å². The Kier molecular flexibility index (Phi) is 4.86. The average Bonchev–Trinajstić information content (AvgIpc) is 3.03. The number of aromatic nitrogens is 3. The van der Waals surface area contributed by atoms with Crippen molar-refractivity contribution < 1.29 is 17.9 Å². The molecule has 1 aliphatic heterocycles. The number of rotatable bonds is 4. The summed E-state index contributed by atoms with van der Waals surface area (Å²) in [4.78, 5) is 12.4. The molecule has 24 heavy (non-hydrogen) atoms. The third-order valence-electron chi connectivity index (χ3n) is 3.68. The van der Waals surface area contributed by atoms with E-state index in [1.165, 1.54) is 17.6 Å². The number of halogens is 3. The highest BCUT2D eigenvalue weighted by Gasteiger charge is 2.31. The monoisotopic (exact) mass is 359 g/mol. The molecular formula is C14H16F3N5OS. The van der Waals surface area contributed by atoms with E-state index in [4.69, 9.17) is 4.74 Å². The maximum atomic E-state index is 12.6. The van der Waals surface area contributed by atoms with Crippen LogP contribution in [-0.4, -0.2) is 47.6 Å². The molecule has 0 aliphatic carbocycles. The molecule has 0 spiro atoms. The summed E-state index contributed by atoms with van der Waals surface area (Å²) in [7, 11) is 1.59. The van der Waals surface area contributed by atoms with E-state index in [9.17, 15) is 13.2 Å². The highest BCUT2D eigenvalue weighted by Crippen LogP contribution is 2.29. The van der Waals surface area contributed by atoms with Crippen LogP contribution in [0, 0.1) is 0 Å². The third kappa shape index (κ3) is 3.75. The first-order chi connectivity index (χ1) is 11.5. The van der Waals surface area contributed by atoms with E-state index in [1.54, 1.807) is 7.11 Å². The minimum Gasteiger partial charge on any atom is -0.377 e. The summed E-state index contributed by atoms with van der Waals surface area (Å²) >= 11 is 1.32. The molecule has 3 heterocycles. The van der Waals surface area contributed by atoms with Crippen molar-refractivity contribution in [1.29, 1.82) is 0 Å². The van der Waals surface area contributed by atoms with Crippen LogP contribution in [0.2, 0.25) is 0 Å². The van der Waals surface area contributed by atoms with Crippen LogP contribution in [0.25, 0.3) is 0 Å². The van der Waals surface area contributed by atoms with Crippen molar-refractivity contribution in [2.24, 2.45) is 0 Å². The highest BCUT2D eigenvalue weighted by molar-refractivity contribution is 7.09. The van der Waals surface area contributed by atoms with Gasteiger partial charge in [0.05, 0.1) is 5.56 Å². The minimum absolute atomic E-state index is 0.381. The predicted octanol–water partition coefficient (Wildman–Crippen LogP) is 2.42. The summed E-state index contributed by atoms with van der Waals surface area (Å²) in [5, 5.41) is 0.835. The van der Waals surface area contributed by atoms with Crippen LogP contribution in [0.4, 0.5) is 24.1 Å². The molecule has 2 aromatic rings. The second-order valence-electron chi connectivity index (χ2n) is 5.30. The van der Waals surface area contributed by atoms with E-state index >= 15 is 0 Å². The summed E-state index contributed by atoms with van der Waals surface area (Å²) in [6.45, 7) is 3.13. The number of nitrogens with zero attached hydrogens (tertiary/aromatic N) is 5. The van der Waals surface area contributed by atoms with Crippen molar-refractivity contribution in [1.82, 2.24) is 14.3 Å². The van der Waals surface area contributed by atoms with Gasteiger partial charge in [-0.05, 0) is 12.1 Å². The maximum Gasteiger partial charge on any atom is 0.417 e. The lowest BCUT2D eigenvalue weighted by molar-refractivity contribution is -0.137. The number of piperazine rings is 1. The van der Waals surface area contributed by atoms with Gasteiger partial charge in [-0.1, -0.05) is 0 Å². The normalized spacial score (nSPS) is 15.8. The maximum absolute atomic E-state index is 12.6. The second-order valence-corrected chi connectivity index (χ2v) is 6.03. The molecule has 1 saturated heterocycles. The van der Waals surface area contributed by atoms with Crippen LogP contribution in [0.5, 0.6) is 0 Å². The van der Waals surface area contributed by atoms with Crippen molar-refractivity contribution >= 4 is 22.5 Å². The number of ether oxygens (including phenoxy) is 1. The molecule has 2 aromatic heterocycles. The quantitative estimate of drug-likeness (QED) is 0.836. The number of anilines is 2. The third-order valence-corrected chi connectivity index (χ3v) is 4.50. The summed E-state index contributed by atoms with van der Waals surface area (Å²) in [6, 6.07) is 2.48. The summed E-state index contributed by atoms with van der Waals surface area (Å²) in [5.74, 6) is 1.21.